The van der Waals surface area contributed by atoms with Crippen molar-refractivity contribution in [3.63, 3.8) is 0 Å². The number of hydrogen-bond donors (Lipinski definition) is 0. The summed E-state index contributed by atoms with van der Waals surface area (Å²) in [5.74, 6) is 1.19. The maximum atomic E-state index is 13.1. The van der Waals surface area contributed by atoms with Gasteiger partial charge in [-0.3, -0.25) is 0 Å². The summed E-state index contributed by atoms with van der Waals surface area (Å²) in [4.78, 5) is 0. The van der Waals surface area contributed by atoms with E-state index in [2.05, 4.69) is 15.9 Å². The summed E-state index contributed by atoms with van der Waals surface area (Å²) in [6, 6.07) is 12.2. The van der Waals surface area contributed by atoms with Gasteiger partial charge in [-0.2, -0.15) is 0 Å². The molecular weight excluding hydrogens is 283 g/mol. The standard InChI is InChI=1S/C14H12BrFO/c1-2-10-9-11(16)7-8-13(10)17-14-6-4-3-5-12(14)15/h3-9H,2H2,1H3. The number of hydrogen-bond acceptors (Lipinski definition) is 1. The topological polar surface area (TPSA) is 9.23 Å². The summed E-state index contributed by atoms with van der Waals surface area (Å²) in [7, 11) is 0. The molecule has 0 spiro atoms. The fourth-order valence-electron chi connectivity index (χ4n) is 1.57. The number of halogens is 2. The summed E-state index contributed by atoms with van der Waals surface area (Å²) in [5.41, 5.74) is 0.862. The van der Waals surface area contributed by atoms with Crippen molar-refractivity contribution in [2.75, 3.05) is 0 Å². The molecule has 0 aliphatic heterocycles. The third kappa shape index (κ3) is 2.86. The molecule has 0 N–H and O–H groups in total. The van der Waals surface area contributed by atoms with E-state index in [-0.39, 0.29) is 5.82 Å². The van der Waals surface area contributed by atoms with Crippen LogP contribution in [0.25, 0.3) is 0 Å². The van der Waals surface area contributed by atoms with Crippen LogP contribution in [-0.4, -0.2) is 0 Å². The van der Waals surface area contributed by atoms with Gasteiger partial charge in [0, 0.05) is 0 Å². The Labute approximate surface area is 108 Å². The van der Waals surface area contributed by atoms with E-state index in [0.29, 0.717) is 5.75 Å². The molecule has 0 fully saturated rings. The van der Waals surface area contributed by atoms with Crippen molar-refractivity contribution in [1.29, 1.82) is 0 Å². The zero-order chi connectivity index (χ0) is 12.3. The van der Waals surface area contributed by atoms with Gasteiger partial charge in [-0.15, -0.1) is 0 Å². The molecule has 0 heterocycles. The van der Waals surface area contributed by atoms with Gasteiger partial charge in [0.15, 0.2) is 0 Å². The molecule has 0 saturated carbocycles. The van der Waals surface area contributed by atoms with Crippen LogP contribution >= 0.6 is 15.9 Å². The molecule has 0 unspecified atom stereocenters. The summed E-state index contributed by atoms with van der Waals surface area (Å²) in [6.07, 6.45) is 0.734. The van der Waals surface area contributed by atoms with E-state index in [0.717, 1.165) is 22.2 Å². The fourth-order valence-corrected chi connectivity index (χ4v) is 1.94. The van der Waals surface area contributed by atoms with Gasteiger partial charge < -0.3 is 4.74 Å². The number of para-hydroxylation sites is 1. The predicted molar refractivity (Wildman–Crippen MR) is 70.0 cm³/mol. The fraction of sp³-hybridized carbons (Fsp3) is 0.143. The van der Waals surface area contributed by atoms with Crippen molar-refractivity contribution in [3.05, 3.63) is 58.3 Å². The largest absolute Gasteiger partial charge is 0.456 e. The number of benzene rings is 2. The molecule has 0 aromatic heterocycles. The monoisotopic (exact) mass is 294 g/mol. The van der Waals surface area contributed by atoms with E-state index in [1.165, 1.54) is 12.1 Å². The van der Waals surface area contributed by atoms with Crippen LogP contribution in [0.15, 0.2) is 46.9 Å². The zero-order valence-electron chi connectivity index (χ0n) is 9.41. The van der Waals surface area contributed by atoms with E-state index in [9.17, 15) is 4.39 Å². The van der Waals surface area contributed by atoms with Crippen LogP contribution in [-0.2, 0) is 6.42 Å². The Morgan fingerprint density at radius 1 is 1.12 bits per heavy atom. The first-order valence-electron chi connectivity index (χ1n) is 5.41. The Morgan fingerprint density at radius 2 is 1.88 bits per heavy atom. The normalized spacial score (nSPS) is 10.3. The minimum atomic E-state index is -0.235. The molecule has 0 radical (unpaired) electrons. The van der Waals surface area contributed by atoms with Crippen LogP contribution in [0.2, 0.25) is 0 Å². The SMILES string of the molecule is CCc1cc(F)ccc1Oc1ccccc1Br. The van der Waals surface area contributed by atoms with Gasteiger partial charge in [-0.1, -0.05) is 19.1 Å². The third-order valence-electron chi connectivity index (χ3n) is 2.46. The van der Waals surface area contributed by atoms with Crippen LogP contribution in [0, 0.1) is 5.82 Å². The van der Waals surface area contributed by atoms with Crippen molar-refractivity contribution in [2.45, 2.75) is 13.3 Å². The lowest BCUT2D eigenvalue weighted by Crippen LogP contribution is -1.92. The van der Waals surface area contributed by atoms with E-state index < -0.39 is 0 Å². The predicted octanol–water partition coefficient (Wildman–Crippen LogP) is 4.94. The van der Waals surface area contributed by atoms with Crippen molar-refractivity contribution >= 4 is 15.9 Å². The average Bonchev–Trinajstić information content (AvgIpc) is 2.34. The Balaban J connectivity index is 2.33. The first-order valence-corrected chi connectivity index (χ1v) is 6.21. The molecule has 0 saturated heterocycles. The molecule has 2 rings (SSSR count). The Hall–Kier alpha value is -1.35. The Kier molecular flexibility index (Phi) is 3.79. The number of ether oxygens (including phenoxy) is 1. The van der Waals surface area contributed by atoms with Crippen LogP contribution < -0.4 is 4.74 Å². The lowest BCUT2D eigenvalue weighted by Gasteiger charge is -2.11. The zero-order valence-corrected chi connectivity index (χ0v) is 11.0. The highest BCUT2D eigenvalue weighted by Gasteiger charge is 2.06. The van der Waals surface area contributed by atoms with Crippen molar-refractivity contribution < 1.29 is 9.13 Å². The molecule has 0 aliphatic rings. The van der Waals surface area contributed by atoms with E-state index in [4.69, 9.17) is 4.74 Å². The Morgan fingerprint density at radius 3 is 2.59 bits per heavy atom. The maximum Gasteiger partial charge on any atom is 0.141 e. The second kappa shape index (κ2) is 5.32. The molecule has 1 nitrogen and oxygen atoms in total. The van der Waals surface area contributed by atoms with Crippen LogP contribution in [0.3, 0.4) is 0 Å². The molecule has 0 aliphatic carbocycles. The molecule has 17 heavy (non-hydrogen) atoms. The molecule has 2 aromatic rings. The maximum absolute atomic E-state index is 13.1. The van der Waals surface area contributed by atoms with Crippen LogP contribution in [0.1, 0.15) is 12.5 Å². The van der Waals surface area contributed by atoms with E-state index >= 15 is 0 Å². The van der Waals surface area contributed by atoms with Gasteiger partial charge in [0.2, 0.25) is 0 Å². The van der Waals surface area contributed by atoms with Crippen molar-refractivity contribution in [3.8, 4) is 11.5 Å². The smallest absolute Gasteiger partial charge is 0.141 e. The van der Waals surface area contributed by atoms with E-state index in [1.807, 2.05) is 31.2 Å². The van der Waals surface area contributed by atoms with Crippen molar-refractivity contribution in [1.82, 2.24) is 0 Å². The van der Waals surface area contributed by atoms with Gasteiger partial charge in [0.1, 0.15) is 17.3 Å². The van der Waals surface area contributed by atoms with Crippen LogP contribution in [0.5, 0.6) is 11.5 Å². The van der Waals surface area contributed by atoms with Gasteiger partial charge in [-0.05, 0) is 58.2 Å². The lowest BCUT2D eigenvalue weighted by atomic mass is 10.1. The summed E-state index contributed by atoms with van der Waals surface area (Å²) >= 11 is 3.42. The summed E-state index contributed by atoms with van der Waals surface area (Å²) in [5, 5.41) is 0. The molecule has 0 amide bonds. The third-order valence-corrected chi connectivity index (χ3v) is 3.12. The molecular formula is C14H12BrFO. The first-order chi connectivity index (χ1) is 8.20. The van der Waals surface area contributed by atoms with Gasteiger partial charge >= 0.3 is 0 Å². The highest BCUT2D eigenvalue weighted by atomic mass is 79.9. The second-order valence-corrected chi connectivity index (χ2v) is 4.49. The quantitative estimate of drug-likeness (QED) is 0.779. The van der Waals surface area contributed by atoms with Crippen molar-refractivity contribution in [2.24, 2.45) is 0 Å². The number of rotatable bonds is 3. The van der Waals surface area contributed by atoms with Crippen LogP contribution in [0.4, 0.5) is 4.39 Å². The highest BCUT2D eigenvalue weighted by Crippen LogP contribution is 2.31. The van der Waals surface area contributed by atoms with Gasteiger partial charge in [-0.25, -0.2) is 4.39 Å². The van der Waals surface area contributed by atoms with Gasteiger partial charge in [0.05, 0.1) is 4.47 Å². The lowest BCUT2D eigenvalue weighted by molar-refractivity contribution is 0.471. The first kappa shape index (κ1) is 12.1. The molecule has 0 bridgehead atoms. The minimum absolute atomic E-state index is 0.235. The van der Waals surface area contributed by atoms with E-state index in [1.54, 1.807) is 6.07 Å². The minimum Gasteiger partial charge on any atom is -0.456 e. The summed E-state index contributed by atoms with van der Waals surface area (Å²) < 4.78 is 19.7. The molecule has 88 valence electrons. The Bertz CT molecular complexity index is 525. The molecule has 3 heteroatoms. The molecule has 0 atom stereocenters. The second-order valence-electron chi connectivity index (χ2n) is 3.64. The average molecular weight is 295 g/mol. The number of aryl methyl sites for hydroxylation is 1. The summed E-state index contributed by atoms with van der Waals surface area (Å²) in [6.45, 7) is 1.97. The van der Waals surface area contributed by atoms with Gasteiger partial charge in [0.25, 0.3) is 0 Å². The highest BCUT2D eigenvalue weighted by molar-refractivity contribution is 9.10. The molecule has 2 aromatic carbocycles.